The summed E-state index contributed by atoms with van der Waals surface area (Å²) in [5.74, 6) is 1.56. The van der Waals surface area contributed by atoms with Crippen molar-refractivity contribution in [1.29, 1.82) is 0 Å². The van der Waals surface area contributed by atoms with E-state index in [9.17, 15) is 35.7 Å². The van der Waals surface area contributed by atoms with E-state index in [1.807, 2.05) is 0 Å². The molecule has 0 aromatic heterocycles. The maximum absolute atomic E-state index is 11.6. The third-order valence-corrected chi connectivity index (χ3v) is 17.9. The predicted molar refractivity (Wildman–Crippen MR) is 231 cm³/mol. The molecule has 3 saturated heterocycles. The first-order chi connectivity index (χ1) is 29.2. The lowest BCUT2D eigenvalue weighted by Crippen LogP contribution is -2.59. The third-order valence-electron chi connectivity index (χ3n) is 17.9. The number of hydrogen-bond acceptors (Lipinski definition) is 13. The van der Waals surface area contributed by atoms with E-state index in [4.69, 9.17) is 28.4 Å². The smallest absolute Gasteiger partial charge is 0.187 e. The van der Waals surface area contributed by atoms with Crippen LogP contribution in [0.1, 0.15) is 138 Å². The first-order valence-corrected chi connectivity index (χ1v) is 24.1. The van der Waals surface area contributed by atoms with Crippen molar-refractivity contribution in [3.8, 4) is 0 Å². The molecule has 6 fully saturated rings. The van der Waals surface area contributed by atoms with Crippen LogP contribution in [-0.4, -0.2) is 135 Å². The predicted octanol–water partition coefficient (Wildman–Crippen LogP) is 5.29. The van der Waals surface area contributed by atoms with E-state index in [0.717, 1.165) is 51.4 Å². The molecule has 0 aromatic rings. The highest BCUT2D eigenvalue weighted by molar-refractivity contribution is 5.30. The molecular formula is C49H82O13. The van der Waals surface area contributed by atoms with Gasteiger partial charge in [0.15, 0.2) is 18.9 Å². The van der Waals surface area contributed by atoms with Crippen LogP contribution in [0.2, 0.25) is 0 Å². The zero-order chi connectivity index (χ0) is 45.0. The molecule has 0 amide bonds. The summed E-state index contributed by atoms with van der Waals surface area (Å²) in [6.07, 6.45) is 6.52. The Morgan fingerprint density at radius 2 is 1.39 bits per heavy atom. The van der Waals surface area contributed by atoms with E-state index in [0.29, 0.717) is 37.0 Å². The third kappa shape index (κ3) is 9.30. The number of hydrogen-bond donors (Lipinski definition) is 7. The largest absolute Gasteiger partial charge is 0.394 e. The summed E-state index contributed by atoms with van der Waals surface area (Å²) < 4.78 is 37.6. The molecule has 4 aliphatic carbocycles. The van der Waals surface area contributed by atoms with Gasteiger partial charge in [0.05, 0.1) is 74.3 Å². The highest BCUT2D eigenvalue weighted by Gasteiger charge is 2.67. The van der Waals surface area contributed by atoms with E-state index in [-0.39, 0.29) is 72.8 Å². The molecule has 3 heterocycles. The molecule has 0 spiro atoms. The van der Waals surface area contributed by atoms with Gasteiger partial charge in [-0.25, -0.2) is 0 Å². The van der Waals surface area contributed by atoms with Gasteiger partial charge in [0.2, 0.25) is 0 Å². The van der Waals surface area contributed by atoms with Gasteiger partial charge >= 0.3 is 0 Å². The van der Waals surface area contributed by atoms with Crippen molar-refractivity contribution in [2.45, 2.75) is 218 Å². The summed E-state index contributed by atoms with van der Waals surface area (Å²) in [5.41, 5.74) is 0.373. The van der Waals surface area contributed by atoms with Crippen molar-refractivity contribution in [1.82, 2.24) is 0 Å². The summed E-state index contributed by atoms with van der Waals surface area (Å²) in [7, 11) is 0. The van der Waals surface area contributed by atoms with Crippen LogP contribution in [-0.2, 0) is 28.4 Å². The Morgan fingerprint density at radius 1 is 0.774 bits per heavy atom. The molecular weight excluding hydrogens is 797 g/mol. The van der Waals surface area contributed by atoms with Crippen LogP contribution in [0.15, 0.2) is 24.3 Å². The molecule has 3 saturated carbocycles. The molecule has 13 nitrogen and oxygen atoms in total. The lowest BCUT2D eigenvalue weighted by Gasteiger charge is -2.66. The standard InChI is InChI=1S/C49H82O13/c1-9-28(10-14-40(46(4,5)56)61-44-43(37(55)24-33(27-52)59-44)62-42-23-30(54)21-32(26-51)58-42)34-16-17-49(8)38-13-11-35-36(47(38,6)18-19-48(34,49)7)12-15-39(45(35,2)3)60-41-22-29(53)20-31(25-50)57-41/h9,11,28-34,36-44,50-56H,1,10,12-27H2,2-8H3/t28-,29+,30+,31+,32?,33+,34?,36?,37+,38?,39+,40-,41+,42+,43?,44+,47+,48-,49+/m1/s1. The number of rotatable bonds is 15. The Hall–Kier alpha value is -1.04. The Morgan fingerprint density at radius 3 is 1.98 bits per heavy atom. The van der Waals surface area contributed by atoms with Crippen molar-refractivity contribution in [3.63, 3.8) is 0 Å². The maximum Gasteiger partial charge on any atom is 0.187 e. The molecule has 3 aliphatic heterocycles. The van der Waals surface area contributed by atoms with Crippen LogP contribution in [0.5, 0.6) is 0 Å². The minimum Gasteiger partial charge on any atom is -0.394 e. The van der Waals surface area contributed by atoms with E-state index in [2.05, 4.69) is 53.3 Å². The summed E-state index contributed by atoms with van der Waals surface area (Å²) in [6, 6.07) is 0. The Balaban J connectivity index is 1.04. The van der Waals surface area contributed by atoms with Gasteiger partial charge in [-0.1, -0.05) is 52.3 Å². The molecule has 0 radical (unpaired) electrons. The average Bonchev–Trinajstić information content (AvgIpc) is 3.49. The molecule has 13 heteroatoms. The fraction of sp³-hybridized carbons (Fsp3) is 0.918. The zero-order valence-electron chi connectivity index (χ0n) is 38.7. The molecule has 19 atom stereocenters. The molecule has 7 rings (SSSR count). The van der Waals surface area contributed by atoms with Crippen LogP contribution < -0.4 is 0 Å². The second-order valence-corrected chi connectivity index (χ2v) is 22.4. The lowest BCUT2D eigenvalue weighted by molar-refractivity contribution is -0.341. The van der Waals surface area contributed by atoms with E-state index >= 15 is 0 Å². The first kappa shape index (κ1) is 48.9. The first-order valence-electron chi connectivity index (χ1n) is 24.1. The normalized spacial score (nSPS) is 46.8. The van der Waals surface area contributed by atoms with E-state index in [1.54, 1.807) is 13.8 Å². The van der Waals surface area contributed by atoms with Gasteiger partial charge in [-0.3, -0.25) is 0 Å². The van der Waals surface area contributed by atoms with Crippen molar-refractivity contribution >= 4 is 0 Å². The minimum atomic E-state index is -1.28. The average molecular weight is 879 g/mol. The second-order valence-electron chi connectivity index (χ2n) is 22.4. The Bertz CT molecular complexity index is 1550. The van der Waals surface area contributed by atoms with Gasteiger partial charge in [0.25, 0.3) is 0 Å². The van der Waals surface area contributed by atoms with Crippen LogP contribution in [0.3, 0.4) is 0 Å². The van der Waals surface area contributed by atoms with Crippen LogP contribution >= 0.6 is 0 Å². The highest BCUT2D eigenvalue weighted by Crippen LogP contribution is 2.75. The van der Waals surface area contributed by atoms with Crippen molar-refractivity contribution in [2.24, 2.45) is 45.3 Å². The van der Waals surface area contributed by atoms with Crippen LogP contribution in [0, 0.1) is 45.3 Å². The highest BCUT2D eigenvalue weighted by atomic mass is 16.7. The van der Waals surface area contributed by atoms with Crippen LogP contribution in [0.4, 0.5) is 0 Å². The van der Waals surface area contributed by atoms with Gasteiger partial charge in [0.1, 0.15) is 6.10 Å². The van der Waals surface area contributed by atoms with Crippen molar-refractivity contribution in [3.05, 3.63) is 24.3 Å². The van der Waals surface area contributed by atoms with Gasteiger partial charge in [-0.15, -0.1) is 6.58 Å². The topological polar surface area (TPSA) is 197 Å². The molecule has 0 bridgehead atoms. The molecule has 356 valence electrons. The number of fused-ring (bicyclic) bond motifs is 5. The SMILES string of the molecule is C=C[C@H](CC[C@@H](O[C@@H]1O[C@H](CO)C[C@H](O)C1O[C@H]1C[C@@H](O)CC(CO)O1)C(C)(C)O)C1CC[C@@]2(C)C3CC=C4C(CC[C@H](O[C@H]5C[C@@H](O)C[C@@H](CO)O5)C4(C)C)[C@]3(C)CC[C@]12C. The van der Waals surface area contributed by atoms with E-state index < -0.39 is 73.3 Å². The minimum absolute atomic E-state index is 0.0334. The monoisotopic (exact) mass is 879 g/mol. The second kappa shape index (κ2) is 18.9. The van der Waals surface area contributed by atoms with Gasteiger partial charge < -0.3 is 64.2 Å². The number of aliphatic hydroxyl groups is 7. The Labute approximate surface area is 370 Å². The molecule has 7 N–H and O–H groups in total. The molecule has 5 unspecified atom stereocenters. The number of aliphatic hydroxyl groups excluding tert-OH is 6. The quantitative estimate of drug-likeness (QED) is 0.105. The summed E-state index contributed by atoms with van der Waals surface area (Å²) in [4.78, 5) is 0. The Kier molecular flexibility index (Phi) is 14.9. The summed E-state index contributed by atoms with van der Waals surface area (Å²) in [6.45, 7) is 19.4. The van der Waals surface area contributed by atoms with Gasteiger partial charge in [0, 0.05) is 37.5 Å². The van der Waals surface area contributed by atoms with Crippen LogP contribution in [0.25, 0.3) is 0 Å². The number of ether oxygens (including phenoxy) is 6. The zero-order valence-corrected chi connectivity index (χ0v) is 38.7. The number of allylic oxidation sites excluding steroid dienone is 2. The van der Waals surface area contributed by atoms with Crippen molar-refractivity contribution in [2.75, 3.05) is 19.8 Å². The summed E-state index contributed by atoms with van der Waals surface area (Å²) in [5, 5.41) is 73.3. The molecule has 62 heavy (non-hydrogen) atoms. The van der Waals surface area contributed by atoms with Gasteiger partial charge in [-0.05, 0) is 112 Å². The molecule has 7 aliphatic rings. The molecule has 0 aromatic carbocycles. The maximum atomic E-state index is 11.6. The van der Waals surface area contributed by atoms with Gasteiger partial charge in [-0.2, -0.15) is 0 Å². The lowest BCUT2D eigenvalue weighted by atomic mass is 9.39. The summed E-state index contributed by atoms with van der Waals surface area (Å²) >= 11 is 0. The fourth-order valence-electron chi connectivity index (χ4n) is 14.2. The van der Waals surface area contributed by atoms with E-state index in [1.165, 1.54) is 5.57 Å². The fourth-order valence-corrected chi connectivity index (χ4v) is 14.2. The van der Waals surface area contributed by atoms with Crippen molar-refractivity contribution < 1.29 is 64.2 Å².